The smallest absolute Gasteiger partial charge is 0.219 e. The fourth-order valence-corrected chi connectivity index (χ4v) is 2.07. The minimum Gasteiger partial charge on any atom is -0.356 e. The Kier molecular flexibility index (Phi) is 6.41. The van der Waals surface area contributed by atoms with Crippen molar-refractivity contribution in [3.8, 4) is 0 Å². The number of nitrogens with one attached hydrogen (secondary N) is 2. The standard InChI is InChI=1S/C12H24N2O/c1-2-8-14-12(15)5-3-4-11-6-9-13-10-7-11/h11,13H,2-10H2,1H3,(H,14,15). The van der Waals surface area contributed by atoms with Crippen LogP contribution >= 0.6 is 0 Å². The number of hydrogen-bond acceptors (Lipinski definition) is 2. The van der Waals surface area contributed by atoms with E-state index in [0.29, 0.717) is 6.42 Å². The SMILES string of the molecule is CCCNC(=O)CCCC1CCNCC1. The molecule has 3 heteroatoms. The molecule has 1 fully saturated rings. The Morgan fingerprint density at radius 1 is 1.40 bits per heavy atom. The summed E-state index contributed by atoms with van der Waals surface area (Å²) in [6, 6.07) is 0. The molecular formula is C12H24N2O. The number of carbonyl (C=O) groups excluding carboxylic acids is 1. The van der Waals surface area contributed by atoms with Gasteiger partial charge in [0.25, 0.3) is 0 Å². The van der Waals surface area contributed by atoms with Gasteiger partial charge in [-0.05, 0) is 51.1 Å². The Morgan fingerprint density at radius 3 is 2.80 bits per heavy atom. The second-order valence-electron chi connectivity index (χ2n) is 4.44. The summed E-state index contributed by atoms with van der Waals surface area (Å²) in [5.41, 5.74) is 0. The van der Waals surface area contributed by atoms with Gasteiger partial charge in [0.15, 0.2) is 0 Å². The summed E-state index contributed by atoms with van der Waals surface area (Å²) >= 11 is 0. The van der Waals surface area contributed by atoms with Crippen LogP contribution in [0.3, 0.4) is 0 Å². The van der Waals surface area contributed by atoms with Gasteiger partial charge >= 0.3 is 0 Å². The average Bonchev–Trinajstić information content (AvgIpc) is 2.28. The molecule has 88 valence electrons. The van der Waals surface area contributed by atoms with Crippen LogP contribution in [-0.4, -0.2) is 25.5 Å². The first kappa shape index (κ1) is 12.5. The lowest BCUT2D eigenvalue weighted by molar-refractivity contribution is -0.121. The molecule has 0 aromatic heterocycles. The molecule has 2 N–H and O–H groups in total. The maximum Gasteiger partial charge on any atom is 0.219 e. The third kappa shape index (κ3) is 5.78. The Morgan fingerprint density at radius 2 is 2.13 bits per heavy atom. The maximum atomic E-state index is 11.3. The molecule has 1 amide bonds. The van der Waals surface area contributed by atoms with Crippen LogP contribution in [-0.2, 0) is 4.79 Å². The van der Waals surface area contributed by atoms with Crippen LogP contribution in [0.1, 0.15) is 45.4 Å². The Labute approximate surface area is 93.0 Å². The third-order valence-electron chi connectivity index (χ3n) is 3.05. The van der Waals surface area contributed by atoms with Crippen molar-refractivity contribution in [1.29, 1.82) is 0 Å². The average molecular weight is 212 g/mol. The van der Waals surface area contributed by atoms with Gasteiger partial charge < -0.3 is 10.6 Å². The van der Waals surface area contributed by atoms with Crippen LogP contribution < -0.4 is 10.6 Å². The highest BCUT2D eigenvalue weighted by atomic mass is 16.1. The van der Waals surface area contributed by atoms with E-state index in [0.717, 1.165) is 38.4 Å². The number of carbonyl (C=O) groups is 1. The molecule has 0 aromatic rings. The van der Waals surface area contributed by atoms with Crippen LogP contribution in [0.15, 0.2) is 0 Å². The normalized spacial score (nSPS) is 17.7. The molecule has 1 heterocycles. The lowest BCUT2D eigenvalue weighted by atomic mass is 9.92. The molecule has 0 aromatic carbocycles. The monoisotopic (exact) mass is 212 g/mol. The van der Waals surface area contributed by atoms with Gasteiger partial charge in [-0.2, -0.15) is 0 Å². The fourth-order valence-electron chi connectivity index (χ4n) is 2.07. The van der Waals surface area contributed by atoms with Crippen LogP contribution in [0.4, 0.5) is 0 Å². The fraction of sp³-hybridized carbons (Fsp3) is 0.917. The Bertz CT molecular complexity index is 176. The summed E-state index contributed by atoms with van der Waals surface area (Å²) in [5, 5.41) is 6.28. The zero-order valence-electron chi connectivity index (χ0n) is 9.85. The van der Waals surface area contributed by atoms with E-state index in [9.17, 15) is 4.79 Å². The predicted molar refractivity (Wildman–Crippen MR) is 62.7 cm³/mol. The molecule has 15 heavy (non-hydrogen) atoms. The molecule has 0 atom stereocenters. The van der Waals surface area contributed by atoms with Gasteiger partial charge in [0.1, 0.15) is 0 Å². The molecule has 1 rings (SSSR count). The molecule has 0 bridgehead atoms. The molecular weight excluding hydrogens is 188 g/mol. The van der Waals surface area contributed by atoms with E-state index in [1.807, 2.05) is 0 Å². The molecule has 0 radical (unpaired) electrons. The summed E-state index contributed by atoms with van der Waals surface area (Å²) in [4.78, 5) is 11.3. The van der Waals surface area contributed by atoms with Crippen molar-refractivity contribution in [2.75, 3.05) is 19.6 Å². The van der Waals surface area contributed by atoms with Gasteiger partial charge in [-0.1, -0.05) is 6.92 Å². The van der Waals surface area contributed by atoms with Crippen LogP contribution in [0.25, 0.3) is 0 Å². The second kappa shape index (κ2) is 7.69. The van der Waals surface area contributed by atoms with Crippen LogP contribution in [0, 0.1) is 5.92 Å². The zero-order chi connectivity index (χ0) is 10.9. The first-order valence-corrected chi connectivity index (χ1v) is 6.30. The van der Waals surface area contributed by atoms with Crippen molar-refractivity contribution >= 4 is 5.91 Å². The third-order valence-corrected chi connectivity index (χ3v) is 3.05. The van der Waals surface area contributed by atoms with Gasteiger partial charge in [0.2, 0.25) is 5.91 Å². The minimum atomic E-state index is 0.228. The number of hydrogen-bond donors (Lipinski definition) is 2. The van der Waals surface area contributed by atoms with Crippen LogP contribution in [0.5, 0.6) is 0 Å². The van der Waals surface area contributed by atoms with Gasteiger partial charge in [0, 0.05) is 13.0 Å². The summed E-state index contributed by atoms with van der Waals surface area (Å²) < 4.78 is 0. The van der Waals surface area contributed by atoms with Crippen molar-refractivity contribution < 1.29 is 4.79 Å². The number of rotatable bonds is 6. The first-order chi connectivity index (χ1) is 7.33. The minimum absolute atomic E-state index is 0.228. The number of amides is 1. The van der Waals surface area contributed by atoms with Crippen LogP contribution in [0.2, 0.25) is 0 Å². The van der Waals surface area contributed by atoms with Gasteiger partial charge in [-0.25, -0.2) is 0 Å². The summed E-state index contributed by atoms with van der Waals surface area (Å²) in [6.07, 6.45) is 6.60. The molecule has 0 aliphatic carbocycles. The van der Waals surface area contributed by atoms with E-state index in [4.69, 9.17) is 0 Å². The van der Waals surface area contributed by atoms with Crippen molar-refractivity contribution in [2.45, 2.75) is 45.4 Å². The first-order valence-electron chi connectivity index (χ1n) is 6.30. The highest BCUT2D eigenvalue weighted by Crippen LogP contribution is 2.18. The van der Waals surface area contributed by atoms with E-state index in [2.05, 4.69) is 17.6 Å². The lowest BCUT2D eigenvalue weighted by Gasteiger charge is -2.22. The largest absolute Gasteiger partial charge is 0.356 e. The summed E-state index contributed by atoms with van der Waals surface area (Å²) in [7, 11) is 0. The molecule has 1 saturated heterocycles. The van der Waals surface area contributed by atoms with E-state index < -0.39 is 0 Å². The van der Waals surface area contributed by atoms with E-state index in [1.54, 1.807) is 0 Å². The topological polar surface area (TPSA) is 41.1 Å². The second-order valence-corrected chi connectivity index (χ2v) is 4.44. The van der Waals surface area contributed by atoms with E-state index in [1.165, 1.54) is 19.3 Å². The van der Waals surface area contributed by atoms with Crippen molar-refractivity contribution in [3.63, 3.8) is 0 Å². The van der Waals surface area contributed by atoms with Gasteiger partial charge in [-0.3, -0.25) is 4.79 Å². The van der Waals surface area contributed by atoms with Crippen molar-refractivity contribution in [3.05, 3.63) is 0 Å². The molecule has 0 unspecified atom stereocenters. The van der Waals surface area contributed by atoms with Gasteiger partial charge in [0.05, 0.1) is 0 Å². The zero-order valence-corrected chi connectivity index (χ0v) is 9.85. The summed E-state index contributed by atoms with van der Waals surface area (Å²) in [6.45, 7) is 5.22. The Hall–Kier alpha value is -0.570. The highest BCUT2D eigenvalue weighted by Gasteiger charge is 2.12. The number of piperidine rings is 1. The predicted octanol–water partition coefficient (Wildman–Crippen LogP) is 1.68. The summed E-state index contributed by atoms with van der Waals surface area (Å²) in [5.74, 6) is 1.08. The maximum absolute atomic E-state index is 11.3. The van der Waals surface area contributed by atoms with E-state index in [-0.39, 0.29) is 5.91 Å². The molecule has 0 saturated carbocycles. The van der Waals surface area contributed by atoms with Crippen molar-refractivity contribution in [2.24, 2.45) is 5.92 Å². The lowest BCUT2D eigenvalue weighted by Crippen LogP contribution is -2.28. The molecule has 3 nitrogen and oxygen atoms in total. The quantitative estimate of drug-likeness (QED) is 0.703. The van der Waals surface area contributed by atoms with Crippen molar-refractivity contribution in [1.82, 2.24) is 10.6 Å². The molecule has 1 aliphatic rings. The van der Waals surface area contributed by atoms with Gasteiger partial charge in [-0.15, -0.1) is 0 Å². The molecule has 1 aliphatic heterocycles. The molecule has 0 spiro atoms. The Balaban J connectivity index is 1.97. The van der Waals surface area contributed by atoms with E-state index >= 15 is 0 Å². The highest BCUT2D eigenvalue weighted by molar-refractivity contribution is 5.75.